The number of ether oxygens (including phenoxy) is 1. The lowest BCUT2D eigenvalue weighted by atomic mass is 9.92. The number of nitrogens with zero attached hydrogens (tertiary/aromatic N) is 16. The summed E-state index contributed by atoms with van der Waals surface area (Å²) in [5, 5.41) is 86.7. The van der Waals surface area contributed by atoms with E-state index in [1.54, 1.807) is 166 Å². The van der Waals surface area contributed by atoms with Crippen LogP contribution >= 0.6 is 11.6 Å². The zero-order chi connectivity index (χ0) is 99.0. The topological polar surface area (TPSA) is 386 Å². The number of alkyl halides is 3. The van der Waals surface area contributed by atoms with Crippen LogP contribution in [0.2, 0.25) is 0 Å². The molecule has 0 aliphatic carbocycles. The number of aromatic nitrogens is 12. The van der Waals surface area contributed by atoms with Gasteiger partial charge >= 0.3 is 24.1 Å². The molecule has 0 bridgehead atoms. The largest absolute Gasteiger partial charge is 0.573 e. The van der Waals surface area contributed by atoms with Gasteiger partial charge in [-0.05, 0) is 197 Å². The van der Waals surface area contributed by atoms with Crippen molar-refractivity contribution in [1.29, 1.82) is 0 Å². The molecule has 0 radical (unpaired) electrons. The molecular weight excluding hydrogens is 1790 g/mol. The van der Waals surface area contributed by atoms with E-state index in [-0.39, 0.29) is 79.5 Å². The molecule has 4 aliphatic heterocycles. The molecule has 0 saturated carbocycles. The van der Waals surface area contributed by atoms with Crippen molar-refractivity contribution in [2.24, 2.45) is 0 Å². The molecule has 4 amide bonds. The highest BCUT2D eigenvalue weighted by molar-refractivity contribution is 6.53. The number of hydrogen-bond acceptors (Lipinski definition) is 24. The highest BCUT2D eigenvalue weighted by Gasteiger charge is 2.52. The zero-order valence-electron chi connectivity index (χ0n) is 76.7. The number of aliphatic hydroxyl groups excluding tert-OH is 3. The smallest absolute Gasteiger partial charge is 0.508 e. The summed E-state index contributed by atoms with van der Waals surface area (Å²) in [5.74, 6) is -2.47. The molecule has 138 heavy (non-hydrogen) atoms. The normalized spacial score (nSPS) is 17.1. The first-order valence-electron chi connectivity index (χ1n) is 43.7. The Morgan fingerprint density at radius 3 is 1.01 bits per heavy atom. The highest BCUT2D eigenvalue weighted by Crippen LogP contribution is 2.48. The second-order valence-electron chi connectivity index (χ2n) is 34.1. The number of amides is 4. The van der Waals surface area contributed by atoms with Crippen molar-refractivity contribution in [3.63, 3.8) is 0 Å². The second kappa shape index (κ2) is 41.4. The number of tetrazole rings is 1. The van der Waals surface area contributed by atoms with Crippen molar-refractivity contribution in [2.45, 2.75) is 144 Å². The number of ketones is 4. The Bertz CT molecular complexity index is 6940. The van der Waals surface area contributed by atoms with Gasteiger partial charge in [0.25, 0.3) is 23.3 Å². The van der Waals surface area contributed by atoms with Crippen LogP contribution in [0.25, 0.3) is 17.3 Å². The van der Waals surface area contributed by atoms with Crippen LogP contribution in [0.1, 0.15) is 209 Å². The first-order valence-corrected chi connectivity index (χ1v) is 44.1. The summed E-state index contributed by atoms with van der Waals surface area (Å²) in [6, 6.07) is 63.7. The van der Waals surface area contributed by atoms with Crippen molar-refractivity contribution >= 4 is 98.9 Å². The molecule has 17 rings (SSSR count). The number of carbonyl (C=O) groups is 8. The Morgan fingerprint density at radius 2 is 0.710 bits per heavy atom. The van der Waals surface area contributed by atoms with Crippen molar-refractivity contribution in [1.82, 2.24) is 61.0 Å². The van der Waals surface area contributed by atoms with E-state index in [4.69, 9.17) is 18.0 Å². The molecule has 5 aromatic heterocycles. The summed E-state index contributed by atoms with van der Waals surface area (Å²) in [6.07, 6.45) is 2.14. The Hall–Kier alpha value is -16.7. The number of carbonyl (C=O) groups excluding carboxylic acids is 8. The molecule has 4 aliphatic rings. The van der Waals surface area contributed by atoms with E-state index in [2.05, 4.69) is 109 Å². The lowest BCUT2D eigenvalue weighted by Crippen LogP contribution is -2.31. The van der Waals surface area contributed by atoms with Crippen molar-refractivity contribution in [2.75, 3.05) is 19.6 Å². The van der Waals surface area contributed by atoms with Crippen LogP contribution in [-0.4, -0.2) is 135 Å². The molecule has 3 fully saturated rings. The van der Waals surface area contributed by atoms with Gasteiger partial charge in [-0.3, -0.25) is 58.0 Å². The van der Waals surface area contributed by atoms with Crippen molar-refractivity contribution < 1.29 is 76.7 Å². The highest BCUT2D eigenvalue weighted by atomic mass is 35.5. The van der Waals surface area contributed by atoms with Crippen LogP contribution in [-0.2, 0) is 40.1 Å². The number of aliphatic hydroxyl groups is 3. The molecule has 29 nitrogen and oxygen atoms in total. The third-order valence-electron chi connectivity index (χ3n) is 23.3. The maximum atomic E-state index is 13.6. The number of anilines is 4. The summed E-state index contributed by atoms with van der Waals surface area (Å²) < 4.78 is 43.4. The Kier molecular flexibility index (Phi) is 29.2. The summed E-state index contributed by atoms with van der Waals surface area (Å²) in [4.78, 5) is 111. The Morgan fingerprint density at radius 1 is 0.406 bits per heavy atom. The van der Waals surface area contributed by atoms with Crippen LogP contribution < -0.4 is 24.3 Å². The van der Waals surface area contributed by atoms with Crippen LogP contribution in [0, 0.1) is 40.0 Å². The van der Waals surface area contributed by atoms with E-state index in [1.165, 1.54) is 50.2 Å². The van der Waals surface area contributed by atoms with Crippen LogP contribution in [0.5, 0.6) is 11.5 Å². The number of aryl methyl sites for hydroxylation is 4. The van der Waals surface area contributed by atoms with Gasteiger partial charge in [0.1, 0.15) is 40.1 Å². The van der Waals surface area contributed by atoms with Crippen molar-refractivity contribution in [3.8, 4) is 23.8 Å². The molecule has 3 saturated heterocycles. The average Bonchev–Trinajstić information content (AvgIpc) is 1.61. The van der Waals surface area contributed by atoms with Crippen LogP contribution in [0.4, 0.5) is 36.4 Å². The van der Waals surface area contributed by atoms with Gasteiger partial charge in [-0.25, -0.2) is 4.68 Å². The Balaban J connectivity index is 0.000000147. The van der Waals surface area contributed by atoms with E-state index >= 15 is 0 Å². The summed E-state index contributed by atoms with van der Waals surface area (Å²) in [5.41, 5.74) is 12.3. The number of hydrogen-bond donors (Lipinski definition) is 4. The minimum absolute atomic E-state index is 0.00195. The zero-order valence-corrected chi connectivity index (χ0v) is 77.5. The van der Waals surface area contributed by atoms with Gasteiger partial charge in [-0.15, -0.1) is 45.1 Å². The lowest BCUT2D eigenvalue weighted by molar-refractivity contribution is -0.274. The molecule has 4 atom stereocenters. The SMILES string of the molecule is C#Cc1ccc(C2C(=C(O)c3ccc(C(C)C)cc3)C(=O)C(=O)N2c2ccc(C)nn2)cc1.Cc1ccc(N2C(=O)C(=O)C(=C(O)c3ccc(C(C)C)cc3)C2c2ccc(Cn3cnnn3)cc2)nn1.Cc1ccc(N2C(=O)C(=O)C(=C(O)c3ccc(C(C)C)cc3)C2c2ccc(O)cc2)nn1.Cc1ccc(N2C(=O)C(Cl)=C(C(=O)c3ccc(C(C)C)cc3)C2c2ccc(OC(F)(F)F)cc2)nn1. The number of aromatic hydroxyl groups is 1. The van der Waals surface area contributed by atoms with Crippen molar-refractivity contribution in [3.05, 3.63) is 377 Å². The number of rotatable bonds is 20. The maximum Gasteiger partial charge on any atom is 0.573 e. The minimum atomic E-state index is -4.86. The quantitative estimate of drug-likeness (QED) is 0.0181. The minimum Gasteiger partial charge on any atom is -0.508 e. The maximum absolute atomic E-state index is 13.6. The fraction of sp³-hybridized carbons (Fsp3) is 0.210. The van der Waals surface area contributed by atoms with E-state index < -0.39 is 83.0 Å². The van der Waals surface area contributed by atoms with Gasteiger partial charge in [0, 0.05) is 27.8 Å². The predicted octanol–water partition coefficient (Wildman–Crippen LogP) is 18.6. The number of Topliss-reactive ketones (excluding diaryl/α,β-unsaturated/α-hetero) is 4. The van der Waals surface area contributed by atoms with Gasteiger partial charge in [0.05, 0.1) is 75.8 Å². The number of halogens is 4. The summed E-state index contributed by atoms with van der Waals surface area (Å²) in [6.45, 7) is 24.0. The van der Waals surface area contributed by atoms with Crippen LogP contribution in [0.15, 0.2) is 276 Å². The molecular formula is C105H92ClF3N16O13. The molecule has 13 aromatic rings. The van der Waals surface area contributed by atoms with E-state index in [0.29, 0.717) is 97.1 Å². The molecule has 33 heteroatoms. The summed E-state index contributed by atoms with van der Waals surface area (Å²) in [7, 11) is 0. The molecule has 0 spiro atoms. The molecule has 8 aromatic carbocycles. The van der Waals surface area contributed by atoms with Gasteiger partial charge in [-0.1, -0.05) is 231 Å². The van der Waals surface area contributed by atoms with E-state index in [1.807, 2.05) is 86.6 Å². The number of phenols is 1. The number of benzene rings is 8. The summed E-state index contributed by atoms with van der Waals surface area (Å²) >= 11 is 6.44. The molecule has 4 unspecified atom stereocenters. The van der Waals surface area contributed by atoms with Gasteiger partial charge < -0.3 is 25.2 Å². The number of phenolic OH excluding ortho intramolecular Hbond substituents is 1. The first kappa shape index (κ1) is 97.3. The van der Waals surface area contributed by atoms with Gasteiger partial charge in [-0.2, -0.15) is 20.4 Å². The average molecular weight is 1880 g/mol. The van der Waals surface area contributed by atoms with Gasteiger partial charge in [0.15, 0.2) is 29.1 Å². The predicted molar refractivity (Wildman–Crippen MR) is 510 cm³/mol. The molecule has 698 valence electrons. The fourth-order valence-electron chi connectivity index (χ4n) is 15.8. The standard InChI is InChI=1S/C27H25N7O3.C27H23N3O3.C26H21ClF3N3O3.C25H23N3O4/c1-16(2)19-9-11-21(12-10-19)25(35)23-24(20-7-5-18(6-8-20)14-33-15-28-31-32-33)34(27(37)26(23)36)22-13-4-17(3)29-30-22;1-5-18-7-9-20(10-8-18)24-23(25(31)21-13-11-19(12-14-21)16(2)3)26(32)27(33)30(24)22-15-6-17(4)28-29-22;1-14(2)16-5-7-18(8-6-16)24(34)21-22(27)25(35)33(20-13-4-15(3)31-32-20)23(21)17-9-11-19(12-10-17)36-26(28,29)30;1-14(2)16-5-7-18(8-6-16)23(30)21-22(17-9-11-19(29)12-10-17)28(25(32)24(21)31)20-13-4-15(3)26-27-20/h4-13,15-16,24,35H,14H2,1-3H3;1,6-16,24,31H,2-4H3;4-14,23H,1-3H3;4-14,22,29-30H,1-3H3. The number of terminal acetylenes is 1. The monoisotopic (exact) mass is 1880 g/mol. The van der Waals surface area contributed by atoms with Gasteiger partial charge in [0.2, 0.25) is 0 Å². The fourth-order valence-corrected chi connectivity index (χ4v) is 16.1. The van der Waals surface area contributed by atoms with Crippen LogP contribution in [0.3, 0.4) is 0 Å². The third-order valence-corrected chi connectivity index (χ3v) is 23.7. The molecule has 4 N–H and O–H groups in total. The lowest BCUT2D eigenvalue weighted by Gasteiger charge is -2.26. The first-order chi connectivity index (χ1) is 65.9. The Labute approximate surface area is 796 Å². The van der Waals surface area contributed by atoms with E-state index in [9.17, 15) is 72.0 Å². The second-order valence-corrected chi connectivity index (χ2v) is 34.5. The third kappa shape index (κ3) is 21.1. The molecule has 9 heterocycles. The van der Waals surface area contributed by atoms with E-state index in [0.717, 1.165) is 39.9 Å².